The highest BCUT2D eigenvalue weighted by Crippen LogP contribution is 2.10. The van der Waals surface area contributed by atoms with E-state index in [2.05, 4.69) is 42.9 Å². The highest BCUT2D eigenvalue weighted by Gasteiger charge is 2.18. The number of urea groups is 1. The standard InChI is InChI=1S/C14H24N2OS/c1-5-13(6-2)16(4)14(17)15-11(3)9-12-7-8-18-10-12/h7-8,10-11,13H,5-6,9H2,1-4H3,(H,15,17)/t11-/m0/s1. The summed E-state index contributed by atoms with van der Waals surface area (Å²) in [7, 11) is 1.88. The van der Waals surface area contributed by atoms with Crippen LogP contribution in [0.15, 0.2) is 16.8 Å². The molecule has 0 bridgehead atoms. The Morgan fingerprint density at radius 3 is 2.61 bits per heavy atom. The third-order valence-corrected chi connectivity index (χ3v) is 4.03. The van der Waals surface area contributed by atoms with Crippen LogP contribution in [-0.4, -0.2) is 30.1 Å². The molecule has 4 heteroatoms. The Balaban J connectivity index is 2.43. The molecule has 0 aliphatic heterocycles. The van der Waals surface area contributed by atoms with E-state index in [1.165, 1.54) is 5.56 Å². The normalized spacial score (nSPS) is 12.5. The van der Waals surface area contributed by atoms with Crippen LogP contribution in [0.4, 0.5) is 4.79 Å². The molecule has 1 aromatic rings. The summed E-state index contributed by atoms with van der Waals surface area (Å²) < 4.78 is 0. The van der Waals surface area contributed by atoms with Crippen LogP contribution >= 0.6 is 11.3 Å². The monoisotopic (exact) mass is 268 g/mol. The summed E-state index contributed by atoms with van der Waals surface area (Å²) in [5, 5.41) is 7.26. The van der Waals surface area contributed by atoms with Crippen LogP contribution in [0.25, 0.3) is 0 Å². The maximum Gasteiger partial charge on any atom is 0.317 e. The summed E-state index contributed by atoms with van der Waals surface area (Å²) in [6.45, 7) is 6.29. The van der Waals surface area contributed by atoms with Crippen molar-refractivity contribution in [2.75, 3.05) is 7.05 Å². The summed E-state index contributed by atoms with van der Waals surface area (Å²) in [5.41, 5.74) is 1.29. The van der Waals surface area contributed by atoms with Gasteiger partial charge >= 0.3 is 6.03 Å². The second-order valence-corrected chi connectivity index (χ2v) is 5.55. The number of thiophene rings is 1. The van der Waals surface area contributed by atoms with Crippen molar-refractivity contribution in [3.63, 3.8) is 0 Å². The van der Waals surface area contributed by atoms with Crippen LogP contribution in [0.3, 0.4) is 0 Å². The number of nitrogens with one attached hydrogen (secondary N) is 1. The predicted octanol–water partition coefficient (Wildman–Crippen LogP) is 3.51. The molecule has 1 N–H and O–H groups in total. The van der Waals surface area contributed by atoms with E-state index in [0.717, 1.165) is 19.3 Å². The minimum Gasteiger partial charge on any atom is -0.335 e. The topological polar surface area (TPSA) is 32.3 Å². The fourth-order valence-corrected chi connectivity index (χ4v) is 2.81. The molecule has 102 valence electrons. The second-order valence-electron chi connectivity index (χ2n) is 4.77. The minimum atomic E-state index is 0.0337. The molecule has 0 fully saturated rings. The first kappa shape index (κ1) is 15.0. The molecule has 0 saturated heterocycles. The Hall–Kier alpha value is -1.03. The molecule has 1 atom stereocenters. The fraction of sp³-hybridized carbons (Fsp3) is 0.643. The van der Waals surface area contributed by atoms with Gasteiger partial charge < -0.3 is 10.2 Å². The van der Waals surface area contributed by atoms with Crippen molar-refractivity contribution in [2.45, 2.75) is 52.1 Å². The number of hydrogen-bond acceptors (Lipinski definition) is 2. The number of amides is 2. The first-order valence-corrected chi connectivity index (χ1v) is 7.57. The summed E-state index contributed by atoms with van der Waals surface area (Å²) in [5.74, 6) is 0. The molecule has 1 heterocycles. The second kappa shape index (κ2) is 7.41. The molecular weight excluding hydrogens is 244 g/mol. The number of carbonyl (C=O) groups excluding carboxylic acids is 1. The highest BCUT2D eigenvalue weighted by atomic mass is 32.1. The maximum atomic E-state index is 12.1. The van der Waals surface area contributed by atoms with Crippen LogP contribution in [0, 0.1) is 0 Å². The Bertz CT molecular complexity index is 347. The number of hydrogen-bond donors (Lipinski definition) is 1. The van der Waals surface area contributed by atoms with E-state index in [1.807, 2.05) is 11.9 Å². The number of rotatable bonds is 6. The summed E-state index contributed by atoms with van der Waals surface area (Å²) in [6.07, 6.45) is 2.89. The zero-order valence-electron chi connectivity index (χ0n) is 11.8. The van der Waals surface area contributed by atoms with Gasteiger partial charge in [-0.2, -0.15) is 11.3 Å². The van der Waals surface area contributed by atoms with E-state index in [4.69, 9.17) is 0 Å². The van der Waals surface area contributed by atoms with E-state index >= 15 is 0 Å². The van der Waals surface area contributed by atoms with Crippen molar-refractivity contribution in [3.05, 3.63) is 22.4 Å². The Labute approximate surface area is 114 Å². The van der Waals surface area contributed by atoms with Crippen LogP contribution in [-0.2, 0) is 6.42 Å². The van der Waals surface area contributed by atoms with Crippen LogP contribution in [0.2, 0.25) is 0 Å². The molecule has 1 aromatic heterocycles. The smallest absolute Gasteiger partial charge is 0.317 e. The molecule has 0 radical (unpaired) electrons. The first-order chi connectivity index (χ1) is 8.58. The molecule has 0 aliphatic rings. The summed E-state index contributed by atoms with van der Waals surface area (Å²) >= 11 is 1.70. The van der Waals surface area contributed by atoms with Crippen molar-refractivity contribution in [1.82, 2.24) is 10.2 Å². The van der Waals surface area contributed by atoms with Gasteiger partial charge in [0.25, 0.3) is 0 Å². The number of carbonyl (C=O) groups is 1. The van der Waals surface area contributed by atoms with Crippen molar-refractivity contribution in [2.24, 2.45) is 0 Å². The van der Waals surface area contributed by atoms with E-state index in [-0.39, 0.29) is 12.1 Å². The molecule has 0 unspecified atom stereocenters. The fourth-order valence-electron chi connectivity index (χ4n) is 2.13. The SMILES string of the molecule is CCC(CC)N(C)C(=O)N[C@@H](C)Cc1ccsc1. The lowest BCUT2D eigenvalue weighted by Crippen LogP contribution is -2.46. The molecule has 0 aromatic carbocycles. The van der Waals surface area contributed by atoms with Gasteiger partial charge in [0.1, 0.15) is 0 Å². The lowest BCUT2D eigenvalue weighted by molar-refractivity contribution is 0.183. The van der Waals surface area contributed by atoms with Gasteiger partial charge in [-0.25, -0.2) is 4.79 Å². The lowest BCUT2D eigenvalue weighted by Gasteiger charge is -2.28. The van der Waals surface area contributed by atoms with Gasteiger partial charge in [-0.05, 0) is 48.6 Å². The van der Waals surface area contributed by atoms with Gasteiger partial charge in [0.15, 0.2) is 0 Å². The van der Waals surface area contributed by atoms with Crippen LogP contribution < -0.4 is 5.32 Å². The molecule has 2 amide bonds. The number of nitrogens with zero attached hydrogens (tertiary/aromatic N) is 1. The minimum absolute atomic E-state index is 0.0337. The zero-order chi connectivity index (χ0) is 13.5. The Kier molecular flexibility index (Phi) is 6.19. The molecule has 0 aliphatic carbocycles. The van der Waals surface area contributed by atoms with Crippen LogP contribution in [0.1, 0.15) is 39.2 Å². The largest absolute Gasteiger partial charge is 0.335 e. The van der Waals surface area contributed by atoms with Gasteiger partial charge in [0.05, 0.1) is 0 Å². The molecular formula is C14H24N2OS. The van der Waals surface area contributed by atoms with Gasteiger partial charge in [0.2, 0.25) is 0 Å². The molecule has 3 nitrogen and oxygen atoms in total. The van der Waals surface area contributed by atoms with E-state index in [9.17, 15) is 4.79 Å². The van der Waals surface area contributed by atoms with Gasteiger partial charge in [0, 0.05) is 19.1 Å². The predicted molar refractivity (Wildman–Crippen MR) is 78.1 cm³/mol. The van der Waals surface area contributed by atoms with Crippen molar-refractivity contribution in [3.8, 4) is 0 Å². The van der Waals surface area contributed by atoms with Gasteiger partial charge in [-0.1, -0.05) is 13.8 Å². The third-order valence-electron chi connectivity index (χ3n) is 3.30. The highest BCUT2D eigenvalue weighted by molar-refractivity contribution is 7.07. The molecule has 0 saturated carbocycles. The van der Waals surface area contributed by atoms with Crippen LogP contribution in [0.5, 0.6) is 0 Å². The van der Waals surface area contributed by atoms with Gasteiger partial charge in [-0.3, -0.25) is 0 Å². The first-order valence-electron chi connectivity index (χ1n) is 6.62. The lowest BCUT2D eigenvalue weighted by atomic mass is 10.1. The average molecular weight is 268 g/mol. The molecule has 18 heavy (non-hydrogen) atoms. The Morgan fingerprint density at radius 2 is 2.11 bits per heavy atom. The third kappa shape index (κ3) is 4.33. The Morgan fingerprint density at radius 1 is 1.44 bits per heavy atom. The zero-order valence-corrected chi connectivity index (χ0v) is 12.6. The quantitative estimate of drug-likeness (QED) is 0.841. The maximum absolute atomic E-state index is 12.1. The van der Waals surface area contributed by atoms with Crippen molar-refractivity contribution < 1.29 is 4.79 Å². The van der Waals surface area contributed by atoms with E-state index < -0.39 is 0 Å². The molecule has 1 rings (SSSR count). The average Bonchev–Trinajstić information content (AvgIpc) is 2.82. The molecule has 0 spiro atoms. The summed E-state index contributed by atoms with van der Waals surface area (Å²) in [4.78, 5) is 13.9. The van der Waals surface area contributed by atoms with Crippen molar-refractivity contribution in [1.29, 1.82) is 0 Å². The van der Waals surface area contributed by atoms with Gasteiger partial charge in [-0.15, -0.1) is 0 Å². The van der Waals surface area contributed by atoms with E-state index in [1.54, 1.807) is 11.3 Å². The van der Waals surface area contributed by atoms with E-state index in [0.29, 0.717) is 6.04 Å². The van der Waals surface area contributed by atoms with Crippen molar-refractivity contribution >= 4 is 17.4 Å². The summed E-state index contributed by atoms with van der Waals surface area (Å²) in [6, 6.07) is 2.64.